The first-order valence-corrected chi connectivity index (χ1v) is 12.0. The molecule has 172 valence electrons. The van der Waals surface area contributed by atoms with Gasteiger partial charge in [-0.1, -0.05) is 42.1 Å². The standard InChI is InChI=1S/C25H26N2O5S/c1-3-30-15-9-14-27-23(28)18-11-5-7-12-20(18)26-25(27)33-16-19-17-10-6-8-13-21(17)32-22(19)24(29)31-4-2/h5-8,10-13H,3-4,9,14-16H2,1-2H3. The van der Waals surface area contributed by atoms with Crippen LogP contribution in [0, 0.1) is 0 Å². The van der Waals surface area contributed by atoms with Gasteiger partial charge in [-0.3, -0.25) is 9.36 Å². The highest BCUT2D eigenvalue weighted by Crippen LogP contribution is 2.32. The molecule has 7 nitrogen and oxygen atoms in total. The number of esters is 1. The summed E-state index contributed by atoms with van der Waals surface area (Å²) in [6.45, 7) is 5.66. The SMILES string of the molecule is CCOCCCn1c(SCc2c(C(=O)OCC)oc3ccccc23)nc2ccccc2c1=O. The van der Waals surface area contributed by atoms with Gasteiger partial charge >= 0.3 is 5.97 Å². The van der Waals surface area contributed by atoms with Crippen molar-refractivity contribution in [3.63, 3.8) is 0 Å². The maximum atomic E-state index is 13.2. The molecule has 0 atom stereocenters. The number of aromatic nitrogens is 2. The highest BCUT2D eigenvalue weighted by molar-refractivity contribution is 7.98. The number of nitrogens with zero attached hydrogens (tertiary/aromatic N) is 2. The smallest absolute Gasteiger partial charge is 0.374 e. The Labute approximate surface area is 195 Å². The van der Waals surface area contributed by atoms with Crippen molar-refractivity contribution in [2.45, 2.75) is 37.7 Å². The molecule has 2 aromatic heterocycles. The Bertz CT molecular complexity index is 1330. The molecule has 33 heavy (non-hydrogen) atoms. The minimum atomic E-state index is -0.495. The van der Waals surface area contributed by atoms with Gasteiger partial charge in [-0.25, -0.2) is 9.78 Å². The molecule has 0 amide bonds. The first kappa shape index (κ1) is 23.1. The molecule has 0 spiro atoms. The van der Waals surface area contributed by atoms with E-state index in [2.05, 4.69) is 0 Å². The van der Waals surface area contributed by atoms with Crippen LogP contribution in [0.4, 0.5) is 0 Å². The summed E-state index contributed by atoms with van der Waals surface area (Å²) in [5.41, 5.74) is 1.92. The van der Waals surface area contributed by atoms with E-state index in [1.807, 2.05) is 49.4 Å². The molecule has 0 aliphatic heterocycles. The zero-order valence-corrected chi connectivity index (χ0v) is 19.5. The predicted octanol–water partition coefficient (Wildman–Crippen LogP) is 5.04. The molecule has 0 N–H and O–H groups in total. The maximum Gasteiger partial charge on any atom is 0.374 e. The summed E-state index contributed by atoms with van der Waals surface area (Å²) >= 11 is 1.41. The zero-order valence-electron chi connectivity index (χ0n) is 18.7. The predicted molar refractivity (Wildman–Crippen MR) is 129 cm³/mol. The Hall–Kier alpha value is -3.10. The Morgan fingerprint density at radius 2 is 1.82 bits per heavy atom. The number of rotatable bonds is 10. The summed E-state index contributed by atoms with van der Waals surface area (Å²) in [6, 6.07) is 14.8. The number of ether oxygens (including phenoxy) is 2. The lowest BCUT2D eigenvalue weighted by Crippen LogP contribution is -2.24. The van der Waals surface area contributed by atoms with E-state index in [-0.39, 0.29) is 17.9 Å². The lowest BCUT2D eigenvalue weighted by Gasteiger charge is -2.13. The van der Waals surface area contributed by atoms with Gasteiger partial charge < -0.3 is 13.9 Å². The first-order valence-electron chi connectivity index (χ1n) is 11.0. The van der Waals surface area contributed by atoms with E-state index in [9.17, 15) is 9.59 Å². The van der Waals surface area contributed by atoms with Crippen LogP contribution in [0.5, 0.6) is 0 Å². The van der Waals surface area contributed by atoms with Gasteiger partial charge in [0, 0.05) is 36.5 Å². The number of hydrogen-bond acceptors (Lipinski definition) is 7. The molecular weight excluding hydrogens is 440 g/mol. The van der Waals surface area contributed by atoms with E-state index < -0.39 is 5.97 Å². The van der Waals surface area contributed by atoms with Crippen LogP contribution in [0.25, 0.3) is 21.9 Å². The second kappa shape index (κ2) is 10.7. The van der Waals surface area contributed by atoms with Crippen molar-refractivity contribution in [3.8, 4) is 0 Å². The monoisotopic (exact) mass is 466 g/mol. The van der Waals surface area contributed by atoms with E-state index in [1.54, 1.807) is 17.6 Å². The van der Waals surface area contributed by atoms with Gasteiger partial charge in [0.1, 0.15) is 5.58 Å². The molecule has 0 saturated heterocycles. The van der Waals surface area contributed by atoms with Gasteiger partial charge in [-0.05, 0) is 38.5 Å². The normalized spacial score (nSPS) is 11.3. The van der Waals surface area contributed by atoms with Crippen LogP contribution in [0.2, 0.25) is 0 Å². The van der Waals surface area contributed by atoms with E-state index >= 15 is 0 Å². The van der Waals surface area contributed by atoms with Gasteiger partial charge in [0.15, 0.2) is 5.16 Å². The number of para-hydroxylation sites is 2. The molecule has 0 unspecified atom stereocenters. The van der Waals surface area contributed by atoms with Crippen molar-refractivity contribution >= 4 is 39.6 Å². The van der Waals surface area contributed by atoms with E-state index in [4.69, 9.17) is 18.9 Å². The van der Waals surface area contributed by atoms with Crippen molar-refractivity contribution in [1.82, 2.24) is 9.55 Å². The molecule has 0 aliphatic rings. The van der Waals surface area contributed by atoms with E-state index in [0.717, 1.165) is 10.9 Å². The Balaban J connectivity index is 1.71. The third-order valence-electron chi connectivity index (χ3n) is 5.21. The van der Waals surface area contributed by atoms with Crippen molar-refractivity contribution in [2.24, 2.45) is 0 Å². The van der Waals surface area contributed by atoms with Crippen molar-refractivity contribution < 1.29 is 18.7 Å². The van der Waals surface area contributed by atoms with Gasteiger partial charge in [0.05, 0.1) is 17.5 Å². The summed E-state index contributed by atoms with van der Waals surface area (Å²) in [5.74, 6) is 0.1000. The average molecular weight is 467 g/mol. The Morgan fingerprint density at radius 1 is 1.06 bits per heavy atom. The summed E-state index contributed by atoms with van der Waals surface area (Å²) in [7, 11) is 0. The van der Waals surface area contributed by atoms with Crippen LogP contribution in [0.3, 0.4) is 0 Å². The second-order valence-corrected chi connectivity index (χ2v) is 8.28. The number of thioether (sulfide) groups is 1. The molecule has 0 saturated carbocycles. The minimum Gasteiger partial charge on any atom is -0.460 e. The zero-order chi connectivity index (χ0) is 23.2. The molecule has 2 aromatic carbocycles. The molecule has 0 fully saturated rings. The molecule has 0 bridgehead atoms. The highest BCUT2D eigenvalue weighted by atomic mass is 32.2. The van der Waals surface area contributed by atoms with Crippen LogP contribution >= 0.6 is 11.8 Å². The number of benzene rings is 2. The summed E-state index contributed by atoms with van der Waals surface area (Å²) in [4.78, 5) is 30.5. The van der Waals surface area contributed by atoms with E-state index in [1.165, 1.54) is 11.8 Å². The lowest BCUT2D eigenvalue weighted by atomic mass is 10.1. The van der Waals surface area contributed by atoms with Gasteiger partial charge in [-0.2, -0.15) is 0 Å². The van der Waals surface area contributed by atoms with Crippen LogP contribution in [-0.4, -0.2) is 35.3 Å². The molecule has 4 rings (SSSR count). The largest absolute Gasteiger partial charge is 0.460 e. The third kappa shape index (κ3) is 4.96. The first-order chi connectivity index (χ1) is 16.1. The summed E-state index contributed by atoms with van der Waals surface area (Å²) in [5, 5.41) is 2.02. The summed E-state index contributed by atoms with van der Waals surface area (Å²) in [6.07, 6.45) is 0.698. The van der Waals surface area contributed by atoms with Crippen LogP contribution in [0.15, 0.2) is 62.9 Å². The molecular formula is C25H26N2O5S. The Kier molecular flexibility index (Phi) is 7.47. The van der Waals surface area contributed by atoms with Gasteiger partial charge in [0.2, 0.25) is 5.76 Å². The van der Waals surface area contributed by atoms with Crippen molar-refractivity contribution in [3.05, 3.63) is 70.2 Å². The molecule has 4 aromatic rings. The molecule has 0 aliphatic carbocycles. The fraction of sp³-hybridized carbons (Fsp3) is 0.320. The minimum absolute atomic E-state index is 0.0812. The van der Waals surface area contributed by atoms with E-state index in [0.29, 0.717) is 53.6 Å². The lowest BCUT2D eigenvalue weighted by molar-refractivity contribution is 0.0491. The second-order valence-electron chi connectivity index (χ2n) is 7.33. The average Bonchev–Trinajstić information content (AvgIpc) is 3.21. The number of furan rings is 1. The number of carbonyl (C=O) groups is 1. The van der Waals surface area contributed by atoms with Crippen molar-refractivity contribution in [2.75, 3.05) is 19.8 Å². The molecule has 0 radical (unpaired) electrons. The maximum absolute atomic E-state index is 13.2. The fourth-order valence-corrected chi connectivity index (χ4v) is 4.72. The number of hydrogen-bond donors (Lipinski definition) is 0. The fourth-order valence-electron chi connectivity index (χ4n) is 3.66. The quantitative estimate of drug-likeness (QED) is 0.140. The molecule has 2 heterocycles. The van der Waals surface area contributed by atoms with Gasteiger partial charge in [0.25, 0.3) is 5.56 Å². The molecule has 8 heteroatoms. The van der Waals surface area contributed by atoms with Crippen LogP contribution in [0.1, 0.15) is 36.4 Å². The number of fused-ring (bicyclic) bond motifs is 2. The van der Waals surface area contributed by atoms with Gasteiger partial charge in [-0.15, -0.1) is 0 Å². The number of carbonyl (C=O) groups excluding carboxylic acids is 1. The Morgan fingerprint density at radius 3 is 2.61 bits per heavy atom. The third-order valence-corrected chi connectivity index (χ3v) is 6.21. The topological polar surface area (TPSA) is 83.6 Å². The summed E-state index contributed by atoms with van der Waals surface area (Å²) < 4.78 is 18.2. The van der Waals surface area contributed by atoms with Crippen LogP contribution < -0.4 is 5.56 Å². The highest BCUT2D eigenvalue weighted by Gasteiger charge is 2.22. The van der Waals surface area contributed by atoms with Crippen LogP contribution in [-0.2, 0) is 21.8 Å². The van der Waals surface area contributed by atoms with Crippen molar-refractivity contribution in [1.29, 1.82) is 0 Å².